The number of carbonyl (C=O) groups is 5. The second-order valence-electron chi connectivity index (χ2n) is 3.52. The molecule has 0 aliphatic heterocycles. The van der Waals surface area contributed by atoms with Crippen molar-refractivity contribution >= 4 is 29.8 Å². The summed E-state index contributed by atoms with van der Waals surface area (Å²) in [4.78, 5) is 48.5. The zero-order chi connectivity index (χ0) is 17.8. The molecule has 0 aromatic carbocycles. The Kier molecular flexibility index (Phi) is 12.4. The second-order valence-corrected chi connectivity index (χ2v) is 3.52. The molecule has 0 atom stereocenters. The summed E-state index contributed by atoms with van der Waals surface area (Å²) in [5, 5.41) is 48.6. The van der Waals surface area contributed by atoms with Crippen LogP contribution in [-0.2, 0) is 24.0 Å². The topological polar surface area (TPSA) is 207 Å². The van der Waals surface area contributed by atoms with E-state index >= 15 is 0 Å². The number of aliphatic carboxylic acids is 5. The van der Waals surface area contributed by atoms with Crippen LogP contribution in [0.15, 0.2) is 0 Å². The highest BCUT2D eigenvalue weighted by Gasteiger charge is 2.40. The minimum absolute atomic E-state index is 0.833. The lowest BCUT2D eigenvalue weighted by molar-refractivity contribution is -0.170. The summed E-state index contributed by atoms with van der Waals surface area (Å²) in [6.07, 6.45) is -2.29. The van der Waals surface area contributed by atoms with Crippen LogP contribution in [0.1, 0.15) is 26.7 Å². The van der Waals surface area contributed by atoms with Gasteiger partial charge in [-0.2, -0.15) is 0 Å². The molecule has 6 N–H and O–H groups in total. The third-order valence-electron chi connectivity index (χ3n) is 1.29. The Bertz CT molecular complexity index is 362. The largest absolute Gasteiger partial charge is 0.481 e. The maximum Gasteiger partial charge on any atom is 0.336 e. The monoisotopic (exact) mass is 312 g/mol. The third-order valence-corrected chi connectivity index (χ3v) is 1.29. The standard InChI is InChI=1S/C6H8O7.2C2H4O2/c7-3(8)1-6(13,5(11)12)2-4(9)10;2*1-2(3)4/h13H,1-2H2,(H,7,8)(H,9,10)(H,11,12);2*1H3,(H,3,4). The molecule has 0 radical (unpaired) electrons. The Balaban J connectivity index is -0.000000334. The van der Waals surface area contributed by atoms with Crippen molar-refractivity contribution in [2.75, 3.05) is 0 Å². The molecular formula is C10H16O11. The van der Waals surface area contributed by atoms with Gasteiger partial charge in [-0.3, -0.25) is 19.2 Å². The van der Waals surface area contributed by atoms with Crippen molar-refractivity contribution in [3.63, 3.8) is 0 Å². The van der Waals surface area contributed by atoms with E-state index in [4.69, 9.17) is 40.2 Å². The van der Waals surface area contributed by atoms with Crippen molar-refractivity contribution in [3.05, 3.63) is 0 Å². The number of rotatable bonds is 5. The average Bonchev–Trinajstić information content (AvgIpc) is 2.11. The Morgan fingerprint density at radius 2 is 0.905 bits per heavy atom. The molecule has 0 saturated carbocycles. The van der Waals surface area contributed by atoms with E-state index in [0.29, 0.717) is 0 Å². The van der Waals surface area contributed by atoms with Crippen LogP contribution in [0.5, 0.6) is 0 Å². The SMILES string of the molecule is CC(=O)O.CC(=O)O.O=C(O)CC(O)(CC(=O)O)C(=O)O. The molecule has 0 amide bonds. The predicted octanol–water partition coefficient (Wildman–Crippen LogP) is -1.07. The van der Waals surface area contributed by atoms with Crippen LogP contribution < -0.4 is 0 Å². The van der Waals surface area contributed by atoms with Crippen LogP contribution in [0.25, 0.3) is 0 Å². The summed E-state index contributed by atoms with van der Waals surface area (Å²) in [7, 11) is 0. The molecule has 0 saturated heterocycles. The molecule has 122 valence electrons. The van der Waals surface area contributed by atoms with Crippen molar-refractivity contribution < 1.29 is 54.6 Å². The molecule has 0 bridgehead atoms. The minimum atomic E-state index is -2.74. The summed E-state index contributed by atoms with van der Waals surface area (Å²) < 4.78 is 0. The van der Waals surface area contributed by atoms with Crippen LogP contribution >= 0.6 is 0 Å². The normalized spacial score (nSPS) is 9.10. The van der Waals surface area contributed by atoms with Crippen molar-refractivity contribution in [1.29, 1.82) is 0 Å². The summed E-state index contributed by atoms with van der Waals surface area (Å²) >= 11 is 0. The molecule has 0 rings (SSSR count). The Hall–Kier alpha value is -2.69. The van der Waals surface area contributed by atoms with Gasteiger partial charge in [0.25, 0.3) is 11.9 Å². The highest BCUT2D eigenvalue weighted by Crippen LogP contribution is 2.15. The van der Waals surface area contributed by atoms with Gasteiger partial charge in [-0.25, -0.2) is 4.79 Å². The second kappa shape index (κ2) is 11.2. The molecule has 11 heteroatoms. The summed E-state index contributed by atoms with van der Waals surface area (Å²) in [5.74, 6) is -6.69. The van der Waals surface area contributed by atoms with E-state index in [1.165, 1.54) is 0 Å². The van der Waals surface area contributed by atoms with Crippen LogP contribution in [0.4, 0.5) is 0 Å². The van der Waals surface area contributed by atoms with Gasteiger partial charge >= 0.3 is 17.9 Å². The van der Waals surface area contributed by atoms with E-state index in [-0.39, 0.29) is 0 Å². The van der Waals surface area contributed by atoms with E-state index in [9.17, 15) is 14.4 Å². The van der Waals surface area contributed by atoms with Crippen LogP contribution in [-0.4, -0.2) is 66.1 Å². The van der Waals surface area contributed by atoms with Gasteiger partial charge in [-0.05, 0) is 0 Å². The van der Waals surface area contributed by atoms with Gasteiger partial charge in [-0.1, -0.05) is 0 Å². The zero-order valence-corrected chi connectivity index (χ0v) is 11.1. The van der Waals surface area contributed by atoms with Gasteiger partial charge < -0.3 is 30.6 Å². The summed E-state index contributed by atoms with van der Waals surface area (Å²) in [6, 6.07) is 0. The van der Waals surface area contributed by atoms with Crippen molar-refractivity contribution in [1.82, 2.24) is 0 Å². The Morgan fingerprint density at radius 3 is 1.00 bits per heavy atom. The van der Waals surface area contributed by atoms with Gasteiger partial charge in [0.1, 0.15) is 0 Å². The lowest BCUT2D eigenvalue weighted by atomic mass is 9.96. The number of hydrogen-bond acceptors (Lipinski definition) is 6. The first-order chi connectivity index (χ1) is 9.24. The first kappa shape index (κ1) is 23.4. The molecular weight excluding hydrogens is 296 g/mol. The lowest BCUT2D eigenvalue weighted by Crippen LogP contribution is -2.42. The van der Waals surface area contributed by atoms with E-state index < -0.39 is 48.3 Å². The number of hydrogen-bond donors (Lipinski definition) is 6. The van der Waals surface area contributed by atoms with Gasteiger partial charge in [-0.15, -0.1) is 0 Å². The molecule has 11 nitrogen and oxygen atoms in total. The smallest absolute Gasteiger partial charge is 0.336 e. The predicted molar refractivity (Wildman–Crippen MR) is 63.7 cm³/mol. The van der Waals surface area contributed by atoms with Gasteiger partial charge in [0.05, 0.1) is 12.8 Å². The van der Waals surface area contributed by atoms with Crippen LogP contribution in [0, 0.1) is 0 Å². The van der Waals surface area contributed by atoms with E-state index in [0.717, 1.165) is 13.8 Å². The molecule has 0 aliphatic rings. The van der Waals surface area contributed by atoms with Crippen molar-refractivity contribution in [2.45, 2.75) is 32.3 Å². The van der Waals surface area contributed by atoms with E-state index in [1.54, 1.807) is 0 Å². The first-order valence-corrected chi connectivity index (χ1v) is 5.03. The molecule has 0 unspecified atom stereocenters. The quantitative estimate of drug-likeness (QED) is 0.360. The molecule has 0 aromatic heterocycles. The molecule has 0 heterocycles. The summed E-state index contributed by atoms with van der Waals surface area (Å²) in [6.45, 7) is 2.17. The lowest BCUT2D eigenvalue weighted by Gasteiger charge is -2.18. The zero-order valence-electron chi connectivity index (χ0n) is 11.1. The maximum absolute atomic E-state index is 10.3. The average molecular weight is 312 g/mol. The van der Waals surface area contributed by atoms with Crippen molar-refractivity contribution in [3.8, 4) is 0 Å². The van der Waals surface area contributed by atoms with E-state index in [2.05, 4.69) is 0 Å². The van der Waals surface area contributed by atoms with Crippen molar-refractivity contribution in [2.24, 2.45) is 0 Å². The fraction of sp³-hybridized carbons (Fsp3) is 0.500. The molecule has 0 aromatic rings. The number of carboxylic acid groups (broad SMARTS) is 5. The summed E-state index contributed by atoms with van der Waals surface area (Å²) in [5.41, 5.74) is -2.74. The van der Waals surface area contributed by atoms with Crippen LogP contribution in [0.3, 0.4) is 0 Å². The third kappa shape index (κ3) is 22.9. The molecule has 0 aliphatic carbocycles. The Labute approximate surface area is 118 Å². The highest BCUT2D eigenvalue weighted by atomic mass is 16.4. The molecule has 0 spiro atoms. The van der Waals surface area contributed by atoms with Gasteiger partial charge in [0, 0.05) is 13.8 Å². The fourth-order valence-corrected chi connectivity index (χ4v) is 0.714. The molecule has 0 fully saturated rings. The van der Waals surface area contributed by atoms with E-state index in [1.807, 2.05) is 0 Å². The van der Waals surface area contributed by atoms with Crippen LogP contribution in [0.2, 0.25) is 0 Å². The number of aliphatic hydroxyl groups is 1. The number of carboxylic acids is 5. The minimum Gasteiger partial charge on any atom is -0.481 e. The van der Waals surface area contributed by atoms with Gasteiger partial charge in [0.15, 0.2) is 5.60 Å². The fourth-order valence-electron chi connectivity index (χ4n) is 0.714. The molecule has 21 heavy (non-hydrogen) atoms. The highest BCUT2D eigenvalue weighted by molar-refractivity contribution is 5.88. The Morgan fingerprint density at radius 1 is 0.714 bits per heavy atom. The first-order valence-electron chi connectivity index (χ1n) is 5.03. The van der Waals surface area contributed by atoms with Gasteiger partial charge in [0.2, 0.25) is 0 Å². The maximum atomic E-state index is 10.3.